The molecule has 17 heavy (non-hydrogen) atoms. The van der Waals surface area contributed by atoms with Crippen molar-refractivity contribution in [3.63, 3.8) is 0 Å². The SMILES string of the molecule is CC(C)OCCOC1(CCNC2CC2)CCC1. The van der Waals surface area contributed by atoms with E-state index >= 15 is 0 Å². The van der Waals surface area contributed by atoms with Gasteiger partial charge in [0.15, 0.2) is 0 Å². The van der Waals surface area contributed by atoms with Crippen LogP contribution < -0.4 is 5.32 Å². The van der Waals surface area contributed by atoms with Gasteiger partial charge in [-0.1, -0.05) is 0 Å². The molecule has 2 aliphatic rings. The minimum absolute atomic E-state index is 0.183. The van der Waals surface area contributed by atoms with Crippen LogP contribution in [0.3, 0.4) is 0 Å². The van der Waals surface area contributed by atoms with Crippen molar-refractivity contribution in [3.8, 4) is 0 Å². The zero-order chi connectivity index (χ0) is 12.1. The molecule has 0 aromatic heterocycles. The molecule has 0 spiro atoms. The molecule has 2 aliphatic carbocycles. The van der Waals surface area contributed by atoms with E-state index in [9.17, 15) is 0 Å². The Bertz CT molecular complexity index is 222. The summed E-state index contributed by atoms with van der Waals surface area (Å²) in [4.78, 5) is 0. The molecular weight excluding hydrogens is 214 g/mol. The third-order valence-electron chi connectivity index (χ3n) is 3.80. The van der Waals surface area contributed by atoms with Gasteiger partial charge in [0.25, 0.3) is 0 Å². The Morgan fingerprint density at radius 2 is 2.00 bits per heavy atom. The summed E-state index contributed by atoms with van der Waals surface area (Å²) in [5.41, 5.74) is 0.183. The van der Waals surface area contributed by atoms with Gasteiger partial charge in [-0.15, -0.1) is 0 Å². The summed E-state index contributed by atoms with van der Waals surface area (Å²) >= 11 is 0. The summed E-state index contributed by atoms with van der Waals surface area (Å²) in [5.74, 6) is 0. The van der Waals surface area contributed by atoms with Crippen LogP contribution >= 0.6 is 0 Å². The monoisotopic (exact) mass is 241 g/mol. The van der Waals surface area contributed by atoms with Gasteiger partial charge in [0.2, 0.25) is 0 Å². The Morgan fingerprint density at radius 1 is 1.24 bits per heavy atom. The van der Waals surface area contributed by atoms with Gasteiger partial charge in [0.05, 0.1) is 24.9 Å². The molecule has 100 valence electrons. The molecule has 1 N–H and O–H groups in total. The second-order valence-corrected chi connectivity index (χ2v) is 5.78. The van der Waals surface area contributed by atoms with E-state index in [4.69, 9.17) is 9.47 Å². The highest BCUT2D eigenvalue weighted by Gasteiger charge is 2.37. The summed E-state index contributed by atoms with van der Waals surface area (Å²) in [5, 5.41) is 3.58. The highest BCUT2D eigenvalue weighted by atomic mass is 16.5. The lowest BCUT2D eigenvalue weighted by Crippen LogP contribution is -2.43. The van der Waals surface area contributed by atoms with Crippen LogP contribution in [0, 0.1) is 0 Å². The predicted molar refractivity (Wildman–Crippen MR) is 69.3 cm³/mol. The first-order valence-electron chi connectivity index (χ1n) is 7.19. The Morgan fingerprint density at radius 3 is 2.53 bits per heavy atom. The van der Waals surface area contributed by atoms with Crippen LogP contribution in [-0.4, -0.2) is 37.5 Å². The molecule has 2 saturated carbocycles. The molecule has 2 rings (SSSR count). The first kappa shape index (κ1) is 13.3. The molecule has 0 bridgehead atoms. The van der Waals surface area contributed by atoms with Crippen molar-refractivity contribution in [1.29, 1.82) is 0 Å². The van der Waals surface area contributed by atoms with E-state index in [2.05, 4.69) is 19.2 Å². The molecule has 0 atom stereocenters. The first-order valence-corrected chi connectivity index (χ1v) is 7.19. The average Bonchev–Trinajstić information content (AvgIpc) is 3.02. The molecule has 0 heterocycles. The molecule has 0 saturated heterocycles. The summed E-state index contributed by atoms with van der Waals surface area (Å²) in [6.45, 7) is 6.74. The largest absolute Gasteiger partial charge is 0.376 e. The van der Waals surface area contributed by atoms with Gasteiger partial charge in [0, 0.05) is 6.04 Å². The van der Waals surface area contributed by atoms with Gasteiger partial charge in [-0.2, -0.15) is 0 Å². The molecular formula is C14H27NO2. The number of ether oxygens (including phenoxy) is 2. The van der Waals surface area contributed by atoms with E-state index in [1.165, 1.54) is 38.5 Å². The smallest absolute Gasteiger partial charge is 0.0708 e. The van der Waals surface area contributed by atoms with E-state index in [-0.39, 0.29) is 5.60 Å². The van der Waals surface area contributed by atoms with Crippen molar-refractivity contribution >= 4 is 0 Å². The normalized spacial score (nSPS) is 22.8. The number of hydrogen-bond donors (Lipinski definition) is 1. The zero-order valence-corrected chi connectivity index (χ0v) is 11.3. The van der Waals surface area contributed by atoms with Crippen molar-refractivity contribution in [2.24, 2.45) is 0 Å². The number of hydrogen-bond acceptors (Lipinski definition) is 3. The van der Waals surface area contributed by atoms with Crippen molar-refractivity contribution in [2.75, 3.05) is 19.8 Å². The Hall–Kier alpha value is -0.120. The molecule has 0 aromatic rings. The van der Waals surface area contributed by atoms with Gasteiger partial charge in [-0.25, -0.2) is 0 Å². The van der Waals surface area contributed by atoms with Crippen molar-refractivity contribution in [2.45, 2.75) is 70.1 Å². The lowest BCUT2D eigenvalue weighted by atomic mass is 9.77. The zero-order valence-electron chi connectivity index (χ0n) is 11.3. The van der Waals surface area contributed by atoms with Crippen LogP contribution in [0.15, 0.2) is 0 Å². The minimum Gasteiger partial charge on any atom is -0.376 e. The lowest BCUT2D eigenvalue weighted by molar-refractivity contribution is -0.121. The molecule has 0 unspecified atom stereocenters. The van der Waals surface area contributed by atoms with Gasteiger partial charge in [0.1, 0.15) is 0 Å². The van der Waals surface area contributed by atoms with Gasteiger partial charge in [-0.3, -0.25) is 0 Å². The second kappa shape index (κ2) is 6.17. The van der Waals surface area contributed by atoms with Crippen LogP contribution in [-0.2, 0) is 9.47 Å². The molecule has 0 amide bonds. The summed E-state index contributed by atoms with van der Waals surface area (Å²) in [7, 11) is 0. The van der Waals surface area contributed by atoms with E-state index in [0.29, 0.717) is 6.10 Å². The first-order chi connectivity index (χ1) is 8.20. The maximum Gasteiger partial charge on any atom is 0.0708 e. The van der Waals surface area contributed by atoms with Crippen LogP contribution in [0.2, 0.25) is 0 Å². The summed E-state index contributed by atoms with van der Waals surface area (Å²) < 4.78 is 11.6. The van der Waals surface area contributed by atoms with Gasteiger partial charge >= 0.3 is 0 Å². The fourth-order valence-electron chi connectivity index (χ4n) is 2.37. The maximum absolute atomic E-state index is 6.05. The van der Waals surface area contributed by atoms with E-state index in [1.807, 2.05) is 0 Å². The summed E-state index contributed by atoms with van der Waals surface area (Å²) in [6.07, 6.45) is 8.03. The Balaban J connectivity index is 1.56. The fourth-order valence-corrected chi connectivity index (χ4v) is 2.37. The van der Waals surface area contributed by atoms with Crippen LogP contribution in [0.25, 0.3) is 0 Å². The van der Waals surface area contributed by atoms with Gasteiger partial charge in [-0.05, 0) is 58.9 Å². The third kappa shape index (κ3) is 4.57. The molecule has 0 aliphatic heterocycles. The van der Waals surface area contributed by atoms with Crippen molar-refractivity contribution < 1.29 is 9.47 Å². The fraction of sp³-hybridized carbons (Fsp3) is 1.00. The van der Waals surface area contributed by atoms with Crippen molar-refractivity contribution in [1.82, 2.24) is 5.32 Å². The highest BCUT2D eigenvalue weighted by molar-refractivity contribution is 4.91. The van der Waals surface area contributed by atoms with Crippen LogP contribution in [0.1, 0.15) is 52.4 Å². The number of rotatable bonds is 9. The quantitative estimate of drug-likeness (QED) is 0.629. The average molecular weight is 241 g/mol. The standard InChI is InChI=1S/C14H27NO2/c1-12(2)16-10-11-17-14(6-3-7-14)8-9-15-13-4-5-13/h12-13,15H,3-11H2,1-2H3. The molecule has 3 nitrogen and oxygen atoms in total. The van der Waals surface area contributed by atoms with Crippen LogP contribution in [0.5, 0.6) is 0 Å². The van der Waals surface area contributed by atoms with Crippen LogP contribution in [0.4, 0.5) is 0 Å². The number of nitrogens with one attached hydrogen (secondary N) is 1. The lowest BCUT2D eigenvalue weighted by Gasteiger charge is -2.42. The van der Waals surface area contributed by atoms with E-state index in [1.54, 1.807) is 0 Å². The van der Waals surface area contributed by atoms with E-state index < -0.39 is 0 Å². The minimum atomic E-state index is 0.183. The second-order valence-electron chi connectivity index (χ2n) is 5.78. The maximum atomic E-state index is 6.05. The van der Waals surface area contributed by atoms with Gasteiger partial charge < -0.3 is 14.8 Å². The Kier molecular flexibility index (Phi) is 4.83. The predicted octanol–water partition coefficient (Wildman–Crippen LogP) is 2.49. The summed E-state index contributed by atoms with van der Waals surface area (Å²) in [6, 6.07) is 0.816. The highest BCUT2D eigenvalue weighted by Crippen LogP contribution is 2.38. The van der Waals surface area contributed by atoms with Crippen molar-refractivity contribution in [3.05, 3.63) is 0 Å². The molecule has 0 radical (unpaired) electrons. The molecule has 0 aromatic carbocycles. The third-order valence-corrected chi connectivity index (χ3v) is 3.80. The molecule has 3 heteroatoms. The topological polar surface area (TPSA) is 30.5 Å². The Labute approximate surface area is 105 Å². The molecule has 2 fully saturated rings. The van der Waals surface area contributed by atoms with E-state index in [0.717, 1.165) is 25.8 Å².